The lowest BCUT2D eigenvalue weighted by Gasteiger charge is -2.14. The van der Waals surface area contributed by atoms with Crippen LogP contribution in [0.1, 0.15) is 21.9 Å². The number of amides is 1. The van der Waals surface area contributed by atoms with Crippen molar-refractivity contribution in [1.82, 2.24) is 24.3 Å². The minimum absolute atomic E-state index is 0.103. The van der Waals surface area contributed by atoms with Crippen LogP contribution in [-0.4, -0.2) is 50.9 Å². The van der Waals surface area contributed by atoms with Gasteiger partial charge < -0.3 is 19.0 Å². The fourth-order valence-electron chi connectivity index (χ4n) is 3.06. The summed E-state index contributed by atoms with van der Waals surface area (Å²) in [5, 5.41) is 0. The highest BCUT2D eigenvalue weighted by Gasteiger charge is 2.16. The Morgan fingerprint density at radius 3 is 2.89 bits per heavy atom. The van der Waals surface area contributed by atoms with E-state index in [-0.39, 0.29) is 5.91 Å². The number of fused-ring (bicyclic) bond motifs is 2. The van der Waals surface area contributed by atoms with E-state index in [2.05, 4.69) is 15.0 Å². The molecule has 0 radical (unpaired) electrons. The van der Waals surface area contributed by atoms with Crippen LogP contribution < -0.4 is 4.74 Å². The predicted octanol–water partition coefficient (Wildman–Crippen LogP) is 2.84. The fourth-order valence-corrected chi connectivity index (χ4v) is 3.06. The number of aromatic amines is 1. The zero-order valence-corrected chi connectivity index (χ0v) is 15.6. The van der Waals surface area contributed by atoms with Gasteiger partial charge in [0.15, 0.2) is 0 Å². The molecule has 138 valence electrons. The predicted molar refractivity (Wildman–Crippen MR) is 103 cm³/mol. The summed E-state index contributed by atoms with van der Waals surface area (Å²) in [7, 11) is 3.42. The molecule has 3 aromatic heterocycles. The van der Waals surface area contributed by atoms with E-state index in [9.17, 15) is 4.79 Å². The molecule has 0 saturated carbocycles. The molecule has 0 bridgehead atoms. The van der Waals surface area contributed by atoms with E-state index in [0.717, 1.165) is 33.8 Å². The molecular weight excluding hydrogens is 342 g/mol. The number of H-pyrrole nitrogens is 1. The van der Waals surface area contributed by atoms with Crippen LogP contribution in [0.3, 0.4) is 0 Å². The highest BCUT2D eigenvalue weighted by atomic mass is 16.5. The Hall–Kier alpha value is -3.35. The van der Waals surface area contributed by atoms with Crippen molar-refractivity contribution in [2.24, 2.45) is 0 Å². The average Bonchev–Trinajstić information content (AvgIpc) is 3.27. The number of carbonyl (C=O) groups excluding carboxylic acids is 1. The number of likely N-dealkylation sites (N-methyl/N-ethyl adjacent to an activating group) is 1. The molecule has 7 heteroatoms. The number of nitrogens with one attached hydrogen (secondary N) is 1. The molecule has 27 heavy (non-hydrogen) atoms. The number of aromatic nitrogens is 4. The number of rotatable bonds is 5. The number of imidazole rings is 2. The first-order valence-corrected chi connectivity index (χ1v) is 8.77. The van der Waals surface area contributed by atoms with E-state index >= 15 is 0 Å². The number of aryl methyl sites for hydroxylation is 1. The van der Waals surface area contributed by atoms with Crippen molar-refractivity contribution in [3.05, 3.63) is 59.8 Å². The number of carbonyl (C=O) groups is 1. The third-order valence-electron chi connectivity index (χ3n) is 4.59. The number of ether oxygens (including phenoxy) is 1. The molecule has 7 nitrogen and oxygen atoms in total. The van der Waals surface area contributed by atoms with Crippen LogP contribution in [0.15, 0.2) is 42.7 Å². The third-order valence-corrected chi connectivity index (χ3v) is 4.59. The van der Waals surface area contributed by atoms with Crippen molar-refractivity contribution in [3.8, 4) is 5.75 Å². The molecule has 0 spiro atoms. The summed E-state index contributed by atoms with van der Waals surface area (Å²) < 4.78 is 7.11. The van der Waals surface area contributed by atoms with Crippen LogP contribution in [0, 0.1) is 6.92 Å². The van der Waals surface area contributed by atoms with E-state index < -0.39 is 0 Å². The molecule has 1 aromatic carbocycles. The third kappa shape index (κ3) is 3.36. The summed E-state index contributed by atoms with van der Waals surface area (Å²) in [5.41, 5.74) is 4.14. The Kier molecular flexibility index (Phi) is 4.27. The van der Waals surface area contributed by atoms with Crippen LogP contribution in [0.25, 0.3) is 16.7 Å². The average molecular weight is 363 g/mol. The van der Waals surface area contributed by atoms with Crippen LogP contribution in [0.5, 0.6) is 5.75 Å². The molecule has 4 aromatic rings. The van der Waals surface area contributed by atoms with Gasteiger partial charge in [0.25, 0.3) is 5.91 Å². The zero-order chi connectivity index (χ0) is 19.0. The van der Waals surface area contributed by atoms with Gasteiger partial charge in [-0.25, -0.2) is 9.97 Å². The summed E-state index contributed by atoms with van der Waals surface area (Å²) in [4.78, 5) is 26.6. The van der Waals surface area contributed by atoms with Gasteiger partial charge in [-0.15, -0.1) is 0 Å². The molecule has 0 saturated heterocycles. The molecule has 0 aliphatic rings. The van der Waals surface area contributed by atoms with Gasteiger partial charge >= 0.3 is 0 Å². The normalized spacial score (nSPS) is 11.2. The Morgan fingerprint density at radius 2 is 2.07 bits per heavy atom. The zero-order valence-electron chi connectivity index (χ0n) is 15.6. The van der Waals surface area contributed by atoms with Crippen LogP contribution in [0.4, 0.5) is 0 Å². The van der Waals surface area contributed by atoms with E-state index in [4.69, 9.17) is 4.74 Å². The Bertz CT molecular complexity index is 1130. The maximum absolute atomic E-state index is 12.7. The Balaban J connectivity index is 1.46. The Labute approximate surface area is 156 Å². The summed E-state index contributed by atoms with van der Waals surface area (Å²) in [5.74, 6) is 1.52. The maximum atomic E-state index is 12.7. The summed E-state index contributed by atoms with van der Waals surface area (Å²) in [6, 6.07) is 9.61. The molecule has 1 amide bonds. The van der Waals surface area contributed by atoms with Crippen molar-refractivity contribution in [2.75, 3.05) is 20.7 Å². The van der Waals surface area contributed by atoms with Crippen molar-refractivity contribution in [3.63, 3.8) is 0 Å². The second-order valence-electron chi connectivity index (χ2n) is 6.64. The highest BCUT2D eigenvalue weighted by molar-refractivity contribution is 5.92. The van der Waals surface area contributed by atoms with Crippen molar-refractivity contribution >= 4 is 22.6 Å². The number of benzene rings is 1. The molecule has 0 fully saturated rings. The standard InChI is InChI=1S/C20H21N5O2/c1-13-4-7-19-23-17(12-25(19)11-13)20(26)24(2)9-8-18-21-15-6-5-14(27-3)10-16(15)22-18/h4-7,10-12H,8-9H2,1-3H3,(H,21,22). The number of pyridine rings is 1. The summed E-state index contributed by atoms with van der Waals surface area (Å²) >= 11 is 0. The second-order valence-corrected chi connectivity index (χ2v) is 6.64. The minimum Gasteiger partial charge on any atom is -0.497 e. The lowest BCUT2D eigenvalue weighted by molar-refractivity contribution is 0.0791. The van der Waals surface area contributed by atoms with Crippen molar-refractivity contribution in [2.45, 2.75) is 13.3 Å². The maximum Gasteiger partial charge on any atom is 0.273 e. The van der Waals surface area contributed by atoms with Gasteiger partial charge in [0.05, 0.1) is 18.1 Å². The number of nitrogens with zero attached hydrogens (tertiary/aromatic N) is 4. The van der Waals surface area contributed by atoms with Gasteiger partial charge in [-0.2, -0.15) is 0 Å². The lowest BCUT2D eigenvalue weighted by atomic mass is 10.3. The number of hydrogen-bond acceptors (Lipinski definition) is 4. The van der Waals surface area contributed by atoms with Gasteiger partial charge in [0, 0.05) is 38.5 Å². The minimum atomic E-state index is -0.103. The molecule has 0 atom stereocenters. The van der Waals surface area contributed by atoms with Crippen molar-refractivity contribution < 1.29 is 9.53 Å². The van der Waals surface area contributed by atoms with Gasteiger partial charge in [0.1, 0.15) is 22.9 Å². The van der Waals surface area contributed by atoms with E-state index in [1.165, 1.54) is 0 Å². The van der Waals surface area contributed by atoms with Crippen LogP contribution in [0.2, 0.25) is 0 Å². The second kappa shape index (κ2) is 6.75. The molecule has 3 heterocycles. The topological polar surface area (TPSA) is 75.5 Å². The van der Waals surface area contributed by atoms with Gasteiger partial charge in [-0.1, -0.05) is 6.07 Å². The van der Waals surface area contributed by atoms with Crippen molar-refractivity contribution in [1.29, 1.82) is 0 Å². The smallest absolute Gasteiger partial charge is 0.273 e. The lowest BCUT2D eigenvalue weighted by Crippen LogP contribution is -2.29. The fraction of sp³-hybridized carbons (Fsp3) is 0.250. The van der Waals surface area contributed by atoms with Gasteiger partial charge in [-0.05, 0) is 30.7 Å². The first kappa shape index (κ1) is 17.1. The molecule has 0 unspecified atom stereocenters. The highest BCUT2D eigenvalue weighted by Crippen LogP contribution is 2.19. The SMILES string of the molecule is COc1ccc2nc(CCN(C)C(=O)c3cn4cc(C)ccc4n3)[nH]c2c1. The molecular formula is C20H21N5O2. The first-order chi connectivity index (χ1) is 13.0. The molecule has 1 N–H and O–H groups in total. The summed E-state index contributed by atoms with van der Waals surface area (Å²) in [6.45, 7) is 2.55. The van der Waals surface area contributed by atoms with E-state index in [0.29, 0.717) is 18.7 Å². The first-order valence-electron chi connectivity index (χ1n) is 8.77. The Morgan fingerprint density at radius 1 is 1.22 bits per heavy atom. The molecule has 4 rings (SSSR count). The van der Waals surface area contributed by atoms with Crippen LogP contribution >= 0.6 is 0 Å². The van der Waals surface area contributed by atoms with Gasteiger partial charge in [-0.3, -0.25) is 4.79 Å². The number of methoxy groups -OCH3 is 1. The summed E-state index contributed by atoms with van der Waals surface area (Å²) in [6.07, 6.45) is 4.36. The van der Waals surface area contributed by atoms with Gasteiger partial charge in [0.2, 0.25) is 0 Å². The van der Waals surface area contributed by atoms with Crippen LogP contribution in [-0.2, 0) is 6.42 Å². The molecule has 0 aliphatic heterocycles. The number of hydrogen-bond donors (Lipinski definition) is 1. The molecule has 0 aliphatic carbocycles. The van der Waals surface area contributed by atoms with E-state index in [1.807, 2.05) is 47.9 Å². The monoisotopic (exact) mass is 363 g/mol. The largest absolute Gasteiger partial charge is 0.497 e. The quantitative estimate of drug-likeness (QED) is 0.592. The van der Waals surface area contributed by atoms with E-state index in [1.54, 1.807) is 25.3 Å².